The number of benzene rings is 2. The number of pyridine rings is 1. The van der Waals surface area contributed by atoms with E-state index in [4.69, 9.17) is 4.74 Å². The molecule has 3 aromatic rings. The number of rotatable bonds is 6. The fourth-order valence-corrected chi connectivity index (χ4v) is 2.84. The highest BCUT2D eigenvalue weighted by Crippen LogP contribution is 2.17. The van der Waals surface area contributed by atoms with Crippen LogP contribution in [-0.4, -0.2) is 23.9 Å². The number of methoxy groups -OCH3 is 1. The number of carbonyl (C=O) groups is 2. The SMILES string of the molecule is COc1ccccc1CNC(=O)c1cncc(C(=O)Nc2ccc(C)c(C)c2)c1. The summed E-state index contributed by atoms with van der Waals surface area (Å²) in [6.07, 6.45) is 2.87. The number of ether oxygens (including phenoxy) is 1. The Bertz CT molecular complexity index is 1050. The van der Waals surface area contributed by atoms with Crippen molar-refractivity contribution in [3.63, 3.8) is 0 Å². The van der Waals surface area contributed by atoms with E-state index < -0.39 is 0 Å². The maximum atomic E-state index is 12.5. The van der Waals surface area contributed by atoms with Crippen LogP contribution in [0.1, 0.15) is 37.4 Å². The molecule has 148 valence electrons. The smallest absolute Gasteiger partial charge is 0.257 e. The minimum atomic E-state index is -0.319. The van der Waals surface area contributed by atoms with Crippen LogP contribution in [0.25, 0.3) is 0 Å². The molecule has 0 aliphatic heterocycles. The molecule has 6 nitrogen and oxygen atoms in total. The van der Waals surface area contributed by atoms with Gasteiger partial charge >= 0.3 is 0 Å². The van der Waals surface area contributed by atoms with E-state index in [1.165, 1.54) is 18.5 Å². The van der Waals surface area contributed by atoms with Gasteiger partial charge in [-0.15, -0.1) is 0 Å². The number of nitrogens with one attached hydrogen (secondary N) is 2. The van der Waals surface area contributed by atoms with Crippen LogP contribution in [0.3, 0.4) is 0 Å². The summed E-state index contributed by atoms with van der Waals surface area (Å²) >= 11 is 0. The van der Waals surface area contributed by atoms with Gasteiger partial charge in [0.05, 0.1) is 18.2 Å². The van der Waals surface area contributed by atoms with Crippen molar-refractivity contribution in [2.75, 3.05) is 12.4 Å². The largest absolute Gasteiger partial charge is 0.496 e. The molecular formula is C23H23N3O3. The van der Waals surface area contributed by atoms with Crippen molar-refractivity contribution in [3.05, 3.63) is 88.7 Å². The summed E-state index contributed by atoms with van der Waals surface area (Å²) in [5, 5.41) is 5.67. The van der Waals surface area contributed by atoms with Gasteiger partial charge in [0, 0.05) is 30.2 Å². The van der Waals surface area contributed by atoms with Crippen LogP contribution in [0.4, 0.5) is 5.69 Å². The van der Waals surface area contributed by atoms with E-state index in [0.29, 0.717) is 29.1 Å². The molecule has 2 aromatic carbocycles. The summed E-state index contributed by atoms with van der Waals surface area (Å²) in [5.41, 5.74) is 4.42. The van der Waals surface area contributed by atoms with E-state index in [-0.39, 0.29) is 11.8 Å². The Hall–Kier alpha value is -3.67. The van der Waals surface area contributed by atoms with Gasteiger partial charge in [-0.05, 0) is 49.2 Å². The average molecular weight is 389 g/mol. The lowest BCUT2D eigenvalue weighted by Gasteiger charge is -2.10. The average Bonchev–Trinajstić information content (AvgIpc) is 2.74. The first kappa shape index (κ1) is 20.1. The zero-order chi connectivity index (χ0) is 20.8. The third-order valence-corrected chi connectivity index (χ3v) is 4.66. The molecule has 0 unspecified atom stereocenters. The molecule has 0 bridgehead atoms. The van der Waals surface area contributed by atoms with E-state index in [1.807, 2.05) is 56.3 Å². The molecular weight excluding hydrogens is 366 g/mol. The Morgan fingerprint density at radius 3 is 2.38 bits per heavy atom. The minimum Gasteiger partial charge on any atom is -0.496 e. The van der Waals surface area contributed by atoms with Crippen LogP contribution in [0.2, 0.25) is 0 Å². The molecule has 0 aliphatic carbocycles. The molecule has 29 heavy (non-hydrogen) atoms. The van der Waals surface area contributed by atoms with Crippen molar-refractivity contribution in [1.29, 1.82) is 0 Å². The Morgan fingerprint density at radius 1 is 0.931 bits per heavy atom. The maximum Gasteiger partial charge on any atom is 0.257 e. The molecule has 0 saturated carbocycles. The fourth-order valence-electron chi connectivity index (χ4n) is 2.84. The molecule has 0 fully saturated rings. The van der Waals surface area contributed by atoms with Gasteiger partial charge in [-0.2, -0.15) is 0 Å². The summed E-state index contributed by atoms with van der Waals surface area (Å²) in [5.74, 6) is 0.0665. The molecule has 2 N–H and O–H groups in total. The monoisotopic (exact) mass is 389 g/mol. The summed E-state index contributed by atoms with van der Waals surface area (Å²) in [4.78, 5) is 29.1. The first-order chi connectivity index (χ1) is 14.0. The molecule has 0 saturated heterocycles. The number of nitrogens with zero attached hydrogens (tertiary/aromatic N) is 1. The van der Waals surface area contributed by atoms with Crippen LogP contribution in [0.15, 0.2) is 60.9 Å². The number of anilines is 1. The predicted octanol–water partition coefficient (Wildman–Crippen LogP) is 3.89. The predicted molar refractivity (Wildman–Crippen MR) is 112 cm³/mol. The number of amides is 2. The third-order valence-electron chi connectivity index (χ3n) is 4.66. The second kappa shape index (κ2) is 9.01. The second-order valence-electron chi connectivity index (χ2n) is 6.71. The van der Waals surface area contributed by atoms with E-state index >= 15 is 0 Å². The molecule has 1 aromatic heterocycles. The highest BCUT2D eigenvalue weighted by Gasteiger charge is 2.13. The molecule has 0 aliphatic rings. The van der Waals surface area contributed by atoms with Gasteiger partial charge in [0.1, 0.15) is 5.75 Å². The van der Waals surface area contributed by atoms with Crippen LogP contribution in [0.5, 0.6) is 5.75 Å². The Balaban J connectivity index is 1.68. The molecule has 0 atom stereocenters. The van der Waals surface area contributed by atoms with Gasteiger partial charge < -0.3 is 15.4 Å². The summed E-state index contributed by atoms with van der Waals surface area (Å²) < 4.78 is 5.29. The van der Waals surface area contributed by atoms with Gasteiger partial charge in [-0.25, -0.2) is 0 Å². The van der Waals surface area contributed by atoms with Crippen molar-refractivity contribution in [3.8, 4) is 5.75 Å². The maximum absolute atomic E-state index is 12.5. The van der Waals surface area contributed by atoms with Gasteiger partial charge in [-0.3, -0.25) is 14.6 Å². The molecule has 2 amide bonds. The third kappa shape index (κ3) is 4.99. The Morgan fingerprint density at radius 2 is 1.66 bits per heavy atom. The molecule has 0 radical (unpaired) electrons. The topological polar surface area (TPSA) is 80.3 Å². The minimum absolute atomic E-state index is 0.307. The van der Waals surface area contributed by atoms with Crippen LogP contribution in [-0.2, 0) is 6.54 Å². The number of para-hydroxylation sites is 1. The number of carbonyl (C=O) groups excluding carboxylic acids is 2. The normalized spacial score (nSPS) is 10.3. The zero-order valence-electron chi connectivity index (χ0n) is 16.7. The standard InChI is InChI=1S/C23H23N3O3/c1-15-8-9-20(10-16(15)2)26-23(28)19-11-18(12-24-13-19)22(27)25-14-17-6-4-5-7-21(17)29-3/h4-13H,14H2,1-3H3,(H,25,27)(H,26,28). The zero-order valence-corrected chi connectivity index (χ0v) is 16.7. The van der Waals surface area contributed by atoms with Crippen LogP contribution in [0, 0.1) is 13.8 Å². The van der Waals surface area contributed by atoms with Crippen molar-refractivity contribution >= 4 is 17.5 Å². The van der Waals surface area contributed by atoms with Crippen molar-refractivity contribution in [2.24, 2.45) is 0 Å². The first-order valence-corrected chi connectivity index (χ1v) is 9.21. The first-order valence-electron chi connectivity index (χ1n) is 9.21. The second-order valence-corrected chi connectivity index (χ2v) is 6.71. The summed E-state index contributed by atoms with van der Waals surface area (Å²) in [7, 11) is 1.59. The Labute approximate surface area is 169 Å². The number of hydrogen-bond donors (Lipinski definition) is 2. The van der Waals surface area contributed by atoms with E-state index in [0.717, 1.165) is 16.7 Å². The van der Waals surface area contributed by atoms with E-state index in [2.05, 4.69) is 15.6 Å². The van der Waals surface area contributed by atoms with E-state index in [1.54, 1.807) is 7.11 Å². The van der Waals surface area contributed by atoms with Crippen molar-refractivity contribution in [1.82, 2.24) is 10.3 Å². The van der Waals surface area contributed by atoms with Crippen LogP contribution < -0.4 is 15.4 Å². The number of aryl methyl sites for hydroxylation is 2. The van der Waals surface area contributed by atoms with E-state index in [9.17, 15) is 9.59 Å². The summed E-state index contributed by atoms with van der Waals surface area (Å²) in [6.45, 7) is 4.30. The molecule has 3 rings (SSSR count). The number of hydrogen-bond acceptors (Lipinski definition) is 4. The highest BCUT2D eigenvalue weighted by atomic mass is 16.5. The lowest BCUT2D eigenvalue weighted by molar-refractivity contribution is 0.0950. The highest BCUT2D eigenvalue weighted by molar-refractivity contribution is 6.05. The quantitative estimate of drug-likeness (QED) is 0.670. The molecule has 1 heterocycles. The fraction of sp³-hybridized carbons (Fsp3) is 0.174. The van der Waals surface area contributed by atoms with Crippen molar-refractivity contribution < 1.29 is 14.3 Å². The summed E-state index contributed by atoms with van der Waals surface area (Å²) in [6, 6.07) is 14.7. The van der Waals surface area contributed by atoms with Crippen molar-refractivity contribution in [2.45, 2.75) is 20.4 Å². The molecule has 0 spiro atoms. The van der Waals surface area contributed by atoms with Gasteiger partial charge in [0.2, 0.25) is 0 Å². The van der Waals surface area contributed by atoms with Gasteiger partial charge in [0.25, 0.3) is 11.8 Å². The lowest BCUT2D eigenvalue weighted by Crippen LogP contribution is -2.24. The van der Waals surface area contributed by atoms with Gasteiger partial charge in [0.15, 0.2) is 0 Å². The molecule has 6 heteroatoms. The van der Waals surface area contributed by atoms with Gasteiger partial charge in [-0.1, -0.05) is 24.3 Å². The Kier molecular flexibility index (Phi) is 6.24. The lowest BCUT2D eigenvalue weighted by atomic mass is 10.1. The van der Waals surface area contributed by atoms with Crippen LogP contribution >= 0.6 is 0 Å². The number of aromatic nitrogens is 1.